The summed E-state index contributed by atoms with van der Waals surface area (Å²) in [6, 6.07) is 8.82. The Hall–Kier alpha value is -2.41. The molecule has 2 aromatic rings. The van der Waals surface area contributed by atoms with Crippen molar-refractivity contribution in [2.75, 3.05) is 0 Å². The summed E-state index contributed by atoms with van der Waals surface area (Å²) in [5.74, 6) is -1.34. The van der Waals surface area contributed by atoms with E-state index in [9.17, 15) is 14.9 Å². The molecule has 102 valence electrons. The van der Waals surface area contributed by atoms with E-state index in [2.05, 4.69) is 4.98 Å². The van der Waals surface area contributed by atoms with Gasteiger partial charge in [-0.2, -0.15) is 0 Å². The van der Waals surface area contributed by atoms with Crippen molar-refractivity contribution >= 4 is 23.4 Å². The highest BCUT2D eigenvalue weighted by Crippen LogP contribution is 2.29. The van der Waals surface area contributed by atoms with Crippen LogP contribution >= 0.6 is 11.8 Å². The molecule has 0 aliphatic carbocycles. The third-order valence-corrected chi connectivity index (χ3v) is 3.42. The lowest BCUT2D eigenvalue weighted by Gasteiger charge is -2.03. The lowest BCUT2D eigenvalue weighted by Crippen LogP contribution is -2.03. The van der Waals surface area contributed by atoms with Gasteiger partial charge in [0.1, 0.15) is 16.8 Å². The zero-order valence-corrected chi connectivity index (χ0v) is 11.3. The minimum atomic E-state index is -1.34. The molecule has 1 aromatic heterocycles. The van der Waals surface area contributed by atoms with E-state index < -0.39 is 16.6 Å². The van der Waals surface area contributed by atoms with Crippen LogP contribution in [0.25, 0.3) is 0 Å². The predicted molar refractivity (Wildman–Crippen MR) is 73.2 cm³/mol. The van der Waals surface area contributed by atoms with Gasteiger partial charge < -0.3 is 5.11 Å². The molecule has 0 saturated carbocycles. The molecule has 7 heteroatoms. The molecular weight excluding hydrogens is 280 g/mol. The number of nitrogens with zero attached hydrogens (tertiary/aromatic N) is 2. The minimum Gasteiger partial charge on any atom is -0.477 e. The minimum absolute atomic E-state index is 0.361. The van der Waals surface area contributed by atoms with Gasteiger partial charge in [-0.25, -0.2) is 9.78 Å². The third kappa shape index (κ3) is 3.12. The van der Waals surface area contributed by atoms with Gasteiger partial charge in [-0.1, -0.05) is 29.5 Å². The maximum Gasteiger partial charge on any atom is 0.342 e. The van der Waals surface area contributed by atoms with Crippen molar-refractivity contribution in [1.82, 2.24) is 4.98 Å². The van der Waals surface area contributed by atoms with Crippen LogP contribution in [0, 0.1) is 17.0 Å². The second-order valence-electron chi connectivity index (χ2n) is 4.02. The fourth-order valence-electron chi connectivity index (χ4n) is 1.60. The van der Waals surface area contributed by atoms with E-state index in [1.807, 2.05) is 31.2 Å². The summed E-state index contributed by atoms with van der Waals surface area (Å²) in [4.78, 5) is 25.8. The summed E-state index contributed by atoms with van der Waals surface area (Å²) in [5.41, 5.74) is 0.196. The van der Waals surface area contributed by atoms with E-state index in [-0.39, 0.29) is 5.56 Å². The molecule has 0 amide bonds. The fourth-order valence-corrected chi connectivity index (χ4v) is 2.52. The van der Waals surface area contributed by atoms with Gasteiger partial charge in [-0.05, 0) is 25.1 Å². The van der Waals surface area contributed by atoms with Crippen molar-refractivity contribution in [2.45, 2.75) is 16.8 Å². The number of nitro groups is 1. The number of carboxylic acid groups (broad SMARTS) is 1. The number of pyridine rings is 1. The molecule has 0 aliphatic rings. The number of aryl methyl sites for hydroxylation is 1. The molecule has 0 spiro atoms. The van der Waals surface area contributed by atoms with Gasteiger partial charge in [0.05, 0.1) is 4.92 Å². The molecule has 6 nitrogen and oxygen atoms in total. The number of rotatable bonds is 4. The molecule has 0 saturated heterocycles. The van der Waals surface area contributed by atoms with Crippen molar-refractivity contribution in [3.63, 3.8) is 0 Å². The first-order valence-electron chi connectivity index (χ1n) is 5.59. The Balaban J connectivity index is 2.36. The van der Waals surface area contributed by atoms with Crippen LogP contribution in [0.4, 0.5) is 5.69 Å². The Labute approximate surface area is 118 Å². The molecule has 0 unspecified atom stereocenters. The van der Waals surface area contributed by atoms with E-state index in [4.69, 9.17) is 5.11 Å². The normalized spacial score (nSPS) is 10.2. The van der Waals surface area contributed by atoms with Crippen LogP contribution in [0.5, 0.6) is 0 Å². The Kier molecular flexibility index (Phi) is 3.99. The van der Waals surface area contributed by atoms with Crippen LogP contribution in [-0.2, 0) is 0 Å². The Morgan fingerprint density at radius 2 is 2.15 bits per heavy atom. The quantitative estimate of drug-likeness (QED) is 0.686. The first-order valence-corrected chi connectivity index (χ1v) is 6.41. The van der Waals surface area contributed by atoms with Crippen LogP contribution in [-0.4, -0.2) is 21.0 Å². The largest absolute Gasteiger partial charge is 0.477 e. The number of hydrogen-bond donors (Lipinski definition) is 1. The molecule has 1 aromatic carbocycles. The van der Waals surface area contributed by atoms with Crippen LogP contribution < -0.4 is 0 Å². The van der Waals surface area contributed by atoms with Crippen molar-refractivity contribution in [3.8, 4) is 0 Å². The zero-order chi connectivity index (χ0) is 14.7. The lowest BCUT2D eigenvalue weighted by atomic mass is 10.2. The van der Waals surface area contributed by atoms with Crippen molar-refractivity contribution in [1.29, 1.82) is 0 Å². The Morgan fingerprint density at radius 3 is 2.75 bits per heavy atom. The summed E-state index contributed by atoms with van der Waals surface area (Å²) < 4.78 is 0. The van der Waals surface area contributed by atoms with E-state index in [0.29, 0.717) is 5.03 Å². The summed E-state index contributed by atoms with van der Waals surface area (Å²) >= 11 is 1.26. The molecule has 2 rings (SSSR count). The van der Waals surface area contributed by atoms with Gasteiger partial charge in [0.2, 0.25) is 0 Å². The van der Waals surface area contributed by atoms with Crippen molar-refractivity contribution in [3.05, 3.63) is 57.8 Å². The molecule has 0 bridgehead atoms. The summed E-state index contributed by atoms with van der Waals surface area (Å²) in [7, 11) is 0. The highest BCUT2D eigenvalue weighted by atomic mass is 32.2. The van der Waals surface area contributed by atoms with Crippen molar-refractivity contribution < 1.29 is 14.8 Å². The van der Waals surface area contributed by atoms with Gasteiger partial charge in [0.15, 0.2) is 0 Å². The van der Waals surface area contributed by atoms with Gasteiger partial charge >= 0.3 is 11.7 Å². The predicted octanol–water partition coefficient (Wildman–Crippen LogP) is 3.15. The Morgan fingerprint density at radius 1 is 1.40 bits per heavy atom. The average molecular weight is 290 g/mol. The van der Waals surface area contributed by atoms with E-state index >= 15 is 0 Å². The van der Waals surface area contributed by atoms with E-state index in [0.717, 1.165) is 16.7 Å². The Bertz CT molecular complexity index is 688. The van der Waals surface area contributed by atoms with Crippen LogP contribution in [0.15, 0.2) is 46.5 Å². The zero-order valence-electron chi connectivity index (χ0n) is 10.4. The van der Waals surface area contributed by atoms with Crippen LogP contribution in [0.2, 0.25) is 0 Å². The van der Waals surface area contributed by atoms with Crippen molar-refractivity contribution in [2.24, 2.45) is 0 Å². The number of hydrogen-bond acceptors (Lipinski definition) is 5. The van der Waals surface area contributed by atoms with E-state index in [1.54, 1.807) is 0 Å². The smallest absolute Gasteiger partial charge is 0.342 e. The maximum atomic E-state index is 11.0. The molecule has 0 aliphatic heterocycles. The van der Waals surface area contributed by atoms with Crippen LogP contribution in [0.1, 0.15) is 15.9 Å². The van der Waals surface area contributed by atoms with Gasteiger partial charge in [0.25, 0.3) is 0 Å². The first kappa shape index (κ1) is 14.0. The standard InChI is InChI=1S/C13H10N2O4S/c1-8-3-2-4-9(5-8)20-12-6-10(13(16)17)11(7-14-12)15(18)19/h2-7H,1H3,(H,16,17). The highest BCUT2D eigenvalue weighted by molar-refractivity contribution is 7.99. The second kappa shape index (κ2) is 5.70. The molecule has 0 radical (unpaired) electrons. The molecule has 0 atom stereocenters. The van der Waals surface area contributed by atoms with Gasteiger partial charge in [-0.15, -0.1) is 0 Å². The molecule has 1 heterocycles. The summed E-state index contributed by atoms with van der Waals surface area (Å²) in [6.07, 6.45) is 0.974. The number of carbonyl (C=O) groups is 1. The SMILES string of the molecule is Cc1cccc(Sc2cc(C(=O)O)c([N+](=O)[O-])cn2)c1. The summed E-state index contributed by atoms with van der Waals surface area (Å²) in [6.45, 7) is 1.94. The fraction of sp³-hybridized carbons (Fsp3) is 0.0769. The van der Waals surface area contributed by atoms with Gasteiger partial charge in [0, 0.05) is 4.90 Å². The highest BCUT2D eigenvalue weighted by Gasteiger charge is 2.21. The number of aromatic carboxylic acids is 1. The van der Waals surface area contributed by atoms with Gasteiger partial charge in [-0.3, -0.25) is 10.1 Å². The topological polar surface area (TPSA) is 93.3 Å². The van der Waals surface area contributed by atoms with Crippen LogP contribution in [0.3, 0.4) is 0 Å². The number of aromatic nitrogens is 1. The molecule has 1 N–H and O–H groups in total. The maximum absolute atomic E-state index is 11.0. The first-order chi connectivity index (χ1) is 9.47. The summed E-state index contributed by atoms with van der Waals surface area (Å²) in [5, 5.41) is 20.1. The lowest BCUT2D eigenvalue weighted by molar-refractivity contribution is -0.385. The van der Waals surface area contributed by atoms with E-state index in [1.165, 1.54) is 17.8 Å². The molecule has 0 fully saturated rings. The average Bonchev–Trinajstić information content (AvgIpc) is 2.38. The number of benzene rings is 1. The molecular formula is C13H10N2O4S. The number of carboxylic acids is 1. The second-order valence-corrected chi connectivity index (χ2v) is 5.11. The third-order valence-electron chi connectivity index (χ3n) is 2.50. The monoisotopic (exact) mass is 290 g/mol. The molecule has 20 heavy (non-hydrogen) atoms.